The highest BCUT2D eigenvalue weighted by Crippen LogP contribution is 2.45. The maximum atomic E-state index is 11.9. The van der Waals surface area contributed by atoms with E-state index in [1.807, 2.05) is 6.07 Å². The molecule has 0 bridgehead atoms. The molecule has 1 heterocycles. The summed E-state index contributed by atoms with van der Waals surface area (Å²) in [4.78, 5) is 22.8. The van der Waals surface area contributed by atoms with Crippen LogP contribution >= 0.6 is 0 Å². The molecule has 0 saturated heterocycles. The Bertz CT molecular complexity index is 846. The normalized spacial score (nSPS) is 22.2. The number of carbonyl (C=O) groups excluding carboxylic acids is 1. The quantitative estimate of drug-likeness (QED) is 0.380. The lowest BCUT2D eigenvalue weighted by Crippen LogP contribution is -2.40. The van der Waals surface area contributed by atoms with Crippen molar-refractivity contribution in [2.24, 2.45) is 0 Å². The molecule has 0 unspecified atom stereocenters. The van der Waals surface area contributed by atoms with Gasteiger partial charge in [-0.1, -0.05) is 48.5 Å². The van der Waals surface area contributed by atoms with E-state index in [4.69, 9.17) is 4.74 Å². The Morgan fingerprint density at radius 2 is 1.85 bits per heavy atom. The molecule has 1 aliphatic heterocycles. The standard InChI is InChI=1S/C20H19NO5/c1-13(22)11-15(23)12-17-16-9-5-6-10-18(16)26-20(19(17)21(24)25)14-7-3-2-4-8-14/h2-11,17,19-20,23H,12H2,1H3/b15-11+/t17-,19+,20+/m1/s1. The van der Waals surface area contributed by atoms with Gasteiger partial charge in [-0.25, -0.2) is 0 Å². The summed E-state index contributed by atoms with van der Waals surface area (Å²) in [7, 11) is 0. The molecule has 2 aromatic carbocycles. The largest absolute Gasteiger partial charge is 0.512 e. The Hall–Kier alpha value is -3.15. The Morgan fingerprint density at radius 1 is 1.19 bits per heavy atom. The second-order valence-electron chi connectivity index (χ2n) is 6.32. The predicted octanol–water partition coefficient (Wildman–Crippen LogP) is 3.97. The Morgan fingerprint density at radius 3 is 2.50 bits per heavy atom. The molecule has 6 nitrogen and oxygen atoms in total. The number of rotatable bonds is 5. The number of benzene rings is 2. The number of hydrogen-bond donors (Lipinski definition) is 1. The number of nitrogens with zero attached hydrogens (tertiary/aromatic N) is 1. The van der Waals surface area contributed by atoms with Crippen molar-refractivity contribution < 1.29 is 19.6 Å². The zero-order chi connectivity index (χ0) is 18.7. The summed E-state index contributed by atoms with van der Waals surface area (Å²) < 4.78 is 5.98. The number of ketones is 1. The summed E-state index contributed by atoms with van der Waals surface area (Å²) in [5.41, 5.74) is 1.36. The van der Waals surface area contributed by atoms with Gasteiger partial charge in [-0.15, -0.1) is 0 Å². The molecular weight excluding hydrogens is 334 g/mol. The fraction of sp³-hybridized carbons (Fsp3) is 0.250. The summed E-state index contributed by atoms with van der Waals surface area (Å²) in [6, 6.07) is 15.0. The van der Waals surface area contributed by atoms with Gasteiger partial charge in [0.25, 0.3) is 6.04 Å². The van der Waals surface area contributed by atoms with Crippen molar-refractivity contribution >= 4 is 5.78 Å². The molecule has 0 aromatic heterocycles. The van der Waals surface area contributed by atoms with Gasteiger partial charge in [-0.2, -0.15) is 0 Å². The lowest BCUT2D eigenvalue weighted by atomic mass is 9.80. The second kappa shape index (κ2) is 7.39. The molecule has 134 valence electrons. The van der Waals surface area contributed by atoms with Gasteiger partial charge in [0.2, 0.25) is 0 Å². The average molecular weight is 353 g/mol. The van der Waals surface area contributed by atoms with Crippen molar-refractivity contribution in [2.75, 3.05) is 0 Å². The minimum Gasteiger partial charge on any atom is -0.512 e. The summed E-state index contributed by atoms with van der Waals surface area (Å²) in [6.45, 7) is 1.33. The van der Waals surface area contributed by atoms with Crippen molar-refractivity contribution in [3.8, 4) is 5.75 Å². The van der Waals surface area contributed by atoms with Crippen molar-refractivity contribution in [3.05, 3.63) is 87.7 Å². The van der Waals surface area contributed by atoms with Gasteiger partial charge in [0.05, 0.1) is 11.7 Å². The number of para-hydroxylation sites is 1. The van der Waals surface area contributed by atoms with Crippen LogP contribution in [-0.2, 0) is 4.79 Å². The van der Waals surface area contributed by atoms with Crippen LogP contribution in [0.3, 0.4) is 0 Å². The number of aliphatic hydroxyl groups is 1. The molecule has 6 heteroatoms. The van der Waals surface area contributed by atoms with E-state index in [9.17, 15) is 20.0 Å². The summed E-state index contributed by atoms with van der Waals surface area (Å²) in [5, 5.41) is 22.1. The summed E-state index contributed by atoms with van der Waals surface area (Å²) in [6.07, 6.45) is 0.317. The van der Waals surface area contributed by atoms with Gasteiger partial charge in [0.1, 0.15) is 5.75 Å². The molecule has 0 amide bonds. The number of aliphatic hydroxyl groups excluding tert-OH is 1. The van der Waals surface area contributed by atoms with E-state index in [0.29, 0.717) is 16.9 Å². The lowest BCUT2D eigenvalue weighted by molar-refractivity contribution is -0.540. The van der Waals surface area contributed by atoms with Crippen molar-refractivity contribution in [1.82, 2.24) is 0 Å². The van der Waals surface area contributed by atoms with E-state index in [0.717, 1.165) is 6.08 Å². The van der Waals surface area contributed by atoms with Crippen LogP contribution in [-0.4, -0.2) is 21.9 Å². The van der Waals surface area contributed by atoms with Crippen LogP contribution in [0.1, 0.15) is 36.5 Å². The van der Waals surface area contributed by atoms with Gasteiger partial charge < -0.3 is 9.84 Å². The van der Waals surface area contributed by atoms with Gasteiger partial charge in [0, 0.05) is 23.0 Å². The molecule has 26 heavy (non-hydrogen) atoms. The van der Waals surface area contributed by atoms with E-state index in [2.05, 4.69) is 0 Å². The third-order valence-electron chi connectivity index (χ3n) is 4.47. The molecule has 0 fully saturated rings. The predicted molar refractivity (Wildman–Crippen MR) is 95.8 cm³/mol. The van der Waals surface area contributed by atoms with Crippen LogP contribution < -0.4 is 4.74 Å². The first-order valence-electron chi connectivity index (χ1n) is 8.31. The highest BCUT2D eigenvalue weighted by Gasteiger charge is 2.47. The molecule has 0 spiro atoms. The summed E-state index contributed by atoms with van der Waals surface area (Å²) >= 11 is 0. The maximum Gasteiger partial charge on any atom is 0.260 e. The molecule has 0 radical (unpaired) electrons. The van der Waals surface area contributed by atoms with Gasteiger partial charge >= 0.3 is 0 Å². The SMILES string of the molecule is CC(=O)/C=C(/O)C[C@@H]1c2ccccc2O[C@@H](c2ccccc2)[C@H]1[N+](=O)[O-]. The van der Waals surface area contributed by atoms with E-state index in [1.54, 1.807) is 48.5 Å². The van der Waals surface area contributed by atoms with E-state index < -0.39 is 18.1 Å². The van der Waals surface area contributed by atoms with Crippen LogP contribution in [0.4, 0.5) is 0 Å². The Kier molecular flexibility index (Phi) is 5.02. The average Bonchev–Trinajstić information content (AvgIpc) is 2.61. The van der Waals surface area contributed by atoms with E-state index >= 15 is 0 Å². The first-order chi connectivity index (χ1) is 12.5. The van der Waals surface area contributed by atoms with Crippen molar-refractivity contribution in [1.29, 1.82) is 0 Å². The highest BCUT2D eigenvalue weighted by molar-refractivity contribution is 5.87. The molecule has 1 N–H and O–H groups in total. The molecule has 3 rings (SSSR count). The fourth-order valence-corrected chi connectivity index (χ4v) is 3.41. The maximum absolute atomic E-state index is 11.9. The summed E-state index contributed by atoms with van der Waals surface area (Å²) in [5.74, 6) is -0.534. The number of allylic oxidation sites excluding steroid dienone is 2. The van der Waals surface area contributed by atoms with Crippen LogP contribution in [0.5, 0.6) is 5.75 Å². The smallest absolute Gasteiger partial charge is 0.260 e. The lowest BCUT2D eigenvalue weighted by Gasteiger charge is -2.34. The zero-order valence-corrected chi connectivity index (χ0v) is 14.2. The molecule has 1 aliphatic rings. The molecule has 0 saturated carbocycles. The molecular formula is C20H19NO5. The second-order valence-corrected chi connectivity index (χ2v) is 6.32. The number of nitro groups is 1. The van der Waals surface area contributed by atoms with Crippen LogP contribution in [0.25, 0.3) is 0 Å². The number of ether oxygens (including phenoxy) is 1. The first kappa shape index (κ1) is 17.7. The van der Waals surface area contributed by atoms with Crippen molar-refractivity contribution in [2.45, 2.75) is 31.4 Å². The number of hydrogen-bond acceptors (Lipinski definition) is 5. The number of fused-ring (bicyclic) bond motifs is 1. The third kappa shape index (κ3) is 3.59. The van der Waals surface area contributed by atoms with Gasteiger partial charge in [-0.05, 0) is 18.6 Å². The molecule has 2 aromatic rings. The third-order valence-corrected chi connectivity index (χ3v) is 4.47. The highest BCUT2D eigenvalue weighted by atomic mass is 16.6. The van der Waals surface area contributed by atoms with Crippen molar-refractivity contribution in [3.63, 3.8) is 0 Å². The minimum absolute atomic E-state index is 0.00503. The van der Waals surface area contributed by atoms with Crippen LogP contribution in [0.15, 0.2) is 66.4 Å². The van der Waals surface area contributed by atoms with Crippen LogP contribution in [0, 0.1) is 10.1 Å². The molecule has 0 aliphatic carbocycles. The van der Waals surface area contributed by atoms with Gasteiger partial charge in [0.15, 0.2) is 11.9 Å². The Balaban J connectivity index is 2.08. The van der Waals surface area contributed by atoms with E-state index in [-0.39, 0.29) is 22.9 Å². The fourth-order valence-electron chi connectivity index (χ4n) is 3.41. The topological polar surface area (TPSA) is 89.7 Å². The van der Waals surface area contributed by atoms with Crippen LogP contribution in [0.2, 0.25) is 0 Å². The van der Waals surface area contributed by atoms with Gasteiger partial charge in [-0.3, -0.25) is 14.9 Å². The zero-order valence-electron chi connectivity index (χ0n) is 14.2. The minimum atomic E-state index is -1.09. The number of carbonyl (C=O) groups is 1. The van der Waals surface area contributed by atoms with E-state index in [1.165, 1.54) is 6.92 Å². The monoisotopic (exact) mass is 353 g/mol. The molecule has 3 atom stereocenters. The first-order valence-corrected chi connectivity index (χ1v) is 8.31. The Labute approximate surface area is 150 Å².